The molecule has 13 heavy (non-hydrogen) atoms. The third-order valence-corrected chi connectivity index (χ3v) is 4.08. The van der Waals surface area contributed by atoms with Crippen molar-refractivity contribution in [1.29, 1.82) is 0 Å². The molecule has 5 heteroatoms. The average Bonchev–Trinajstić information content (AvgIpc) is 2.60. The standard InChI is InChI=1S/C8H7NO2S2/c9-7(11)6-1-5-4(2-10)3-12-8(5)13-6/h1,3,10H,2H2,(H2,9,11). The zero-order chi connectivity index (χ0) is 9.42. The van der Waals surface area contributed by atoms with Gasteiger partial charge in [-0.2, -0.15) is 0 Å². The quantitative estimate of drug-likeness (QED) is 0.795. The summed E-state index contributed by atoms with van der Waals surface area (Å²) in [4.78, 5) is 11.4. The first-order chi connectivity index (χ1) is 6.22. The number of rotatable bonds is 2. The number of thiophene rings is 2. The Morgan fingerprint density at radius 2 is 2.38 bits per heavy atom. The molecule has 0 bridgehead atoms. The lowest BCUT2D eigenvalue weighted by atomic mass is 10.2. The van der Waals surface area contributed by atoms with Crippen LogP contribution in [0.2, 0.25) is 0 Å². The van der Waals surface area contributed by atoms with Crippen LogP contribution in [0.25, 0.3) is 9.40 Å². The van der Waals surface area contributed by atoms with E-state index in [2.05, 4.69) is 0 Å². The van der Waals surface area contributed by atoms with Gasteiger partial charge in [0.1, 0.15) is 0 Å². The van der Waals surface area contributed by atoms with Crippen molar-refractivity contribution in [2.24, 2.45) is 5.73 Å². The van der Waals surface area contributed by atoms with Crippen molar-refractivity contribution in [2.45, 2.75) is 6.61 Å². The molecule has 2 aromatic rings. The van der Waals surface area contributed by atoms with Gasteiger partial charge in [0.25, 0.3) is 5.91 Å². The minimum atomic E-state index is -0.405. The molecule has 2 rings (SSSR count). The summed E-state index contributed by atoms with van der Waals surface area (Å²) >= 11 is 2.90. The average molecular weight is 213 g/mol. The molecule has 0 aliphatic carbocycles. The first-order valence-corrected chi connectivity index (χ1v) is 5.32. The van der Waals surface area contributed by atoms with Gasteiger partial charge < -0.3 is 10.8 Å². The molecule has 0 saturated heterocycles. The predicted octanol–water partition coefficient (Wildman–Crippen LogP) is 1.55. The van der Waals surface area contributed by atoms with Gasteiger partial charge in [-0.1, -0.05) is 0 Å². The zero-order valence-corrected chi connectivity index (χ0v) is 8.24. The first-order valence-electron chi connectivity index (χ1n) is 3.63. The Kier molecular flexibility index (Phi) is 2.07. The SMILES string of the molecule is NC(=O)c1cc2c(CO)csc2s1. The van der Waals surface area contributed by atoms with Crippen molar-refractivity contribution in [2.75, 3.05) is 0 Å². The summed E-state index contributed by atoms with van der Waals surface area (Å²) in [7, 11) is 0. The molecule has 0 atom stereocenters. The zero-order valence-electron chi connectivity index (χ0n) is 6.61. The van der Waals surface area contributed by atoms with E-state index in [-0.39, 0.29) is 6.61 Å². The van der Waals surface area contributed by atoms with E-state index in [9.17, 15) is 4.79 Å². The fraction of sp³-hybridized carbons (Fsp3) is 0.125. The van der Waals surface area contributed by atoms with Gasteiger partial charge in [-0.3, -0.25) is 4.79 Å². The fourth-order valence-corrected chi connectivity index (χ4v) is 3.27. The largest absolute Gasteiger partial charge is 0.392 e. The van der Waals surface area contributed by atoms with Crippen LogP contribution in [-0.2, 0) is 6.61 Å². The molecule has 3 N–H and O–H groups in total. The Hall–Kier alpha value is -0.910. The number of hydrogen-bond acceptors (Lipinski definition) is 4. The maximum atomic E-state index is 10.8. The first kappa shape index (κ1) is 8.68. The van der Waals surface area contributed by atoms with E-state index in [4.69, 9.17) is 10.8 Å². The summed E-state index contributed by atoms with van der Waals surface area (Å²) in [6.45, 7) is 0.00886. The van der Waals surface area contributed by atoms with Crippen LogP contribution in [0, 0.1) is 0 Å². The van der Waals surface area contributed by atoms with Crippen LogP contribution < -0.4 is 5.73 Å². The Labute approximate surface area is 82.4 Å². The number of carbonyl (C=O) groups excluding carboxylic acids is 1. The van der Waals surface area contributed by atoms with Gasteiger partial charge in [-0.25, -0.2) is 0 Å². The maximum Gasteiger partial charge on any atom is 0.258 e. The Balaban J connectivity index is 2.63. The smallest absolute Gasteiger partial charge is 0.258 e. The van der Waals surface area contributed by atoms with Crippen molar-refractivity contribution < 1.29 is 9.90 Å². The normalized spacial score (nSPS) is 10.8. The molecule has 68 valence electrons. The van der Waals surface area contributed by atoms with Crippen LogP contribution in [0.5, 0.6) is 0 Å². The lowest BCUT2D eigenvalue weighted by molar-refractivity contribution is 0.100. The van der Waals surface area contributed by atoms with Gasteiger partial charge in [-0.15, -0.1) is 22.7 Å². The predicted molar refractivity (Wildman–Crippen MR) is 54.1 cm³/mol. The van der Waals surface area contributed by atoms with E-state index in [1.54, 1.807) is 6.07 Å². The second kappa shape index (κ2) is 3.10. The lowest BCUT2D eigenvalue weighted by Gasteiger charge is -1.86. The van der Waals surface area contributed by atoms with Crippen LogP contribution in [0.15, 0.2) is 11.4 Å². The molecular weight excluding hydrogens is 206 g/mol. The van der Waals surface area contributed by atoms with E-state index in [0.29, 0.717) is 4.88 Å². The van der Waals surface area contributed by atoms with Crippen LogP contribution in [0.3, 0.4) is 0 Å². The van der Waals surface area contributed by atoms with Crippen LogP contribution in [0.4, 0.5) is 0 Å². The number of aliphatic hydroxyl groups is 1. The number of fused-ring (bicyclic) bond motifs is 1. The van der Waals surface area contributed by atoms with Gasteiger partial charge in [0, 0.05) is 5.39 Å². The Morgan fingerprint density at radius 1 is 1.62 bits per heavy atom. The number of amides is 1. The molecule has 0 aromatic carbocycles. The topological polar surface area (TPSA) is 63.3 Å². The molecular formula is C8H7NO2S2. The summed E-state index contributed by atoms with van der Waals surface area (Å²) in [6.07, 6.45) is 0. The maximum absolute atomic E-state index is 10.8. The summed E-state index contributed by atoms with van der Waals surface area (Å²) < 4.78 is 1.04. The van der Waals surface area contributed by atoms with Crippen LogP contribution in [0.1, 0.15) is 15.2 Å². The summed E-state index contributed by atoms with van der Waals surface area (Å²) in [5.74, 6) is -0.405. The summed E-state index contributed by atoms with van der Waals surface area (Å²) in [5, 5.41) is 11.8. The van der Waals surface area contributed by atoms with Gasteiger partial charge in [-0.05, 0) is 17.0 Å². The minimum Gasteiger partial charge on any atom is -0.392 e. The third kappa shape index (κ3) is 1.35. The third-order valence-electron chi connectivity index (χ3n) is 1.77. The summed E-state index contributed by atoms with van der Waals surface area (Å²) in [6, 6.07) is 1.74. The van der Waals surface area contributed by atoms with Crippen molar-refractivity contribution in [3.8, 4) is 0 Å². The van der Waals surface area contributed by atoms with Crippen molar-refractivity contribution >= 4 is 38.0 Å². The van der Waals surface area contributed by atoms with Gasteiger partial charge in [0.2, 0.25) is 0 Å². The molecule has 0 fully saturated rings. The van der Waals surface area contributed by atoms with E-state index in [1.807, 2.05) is 5.38 Å². The van der Waals surface area contributed by atoms with E-state index >= 15 is 0 Å². The van der Waals surface area contributed by atoms with Crippen LogP contribution >= 0.6 is 22.7 Å². The van der Waals surface area contributed by atoms with Gasteiger partial charge >= 0.3 is 0 Å². The highest BCUT2D eigenvalue weighted by molar-refractivity contribution is 7.38. The number of nitrogens with two attached hydrogens (primary N) is 1. The van der Waals surface area contributed by atoms with Crippen LogP contribution in [-0.4, -0.2) is 11.0 Å². The van der Waals surface area contributed by atoms with Crippen molar-refractivity contribution in [1.82, 2.24) is 0 Å². The highest BCUT2D eigenvalue weighted by Gasteiger charge is 2.10. The Morgan fingerprint density at radius 3 is 3.00 bits per heavy atom. The second-order valence-electron chi connectivity index (χ2n) is 2.60. The monoisotopic (exact) mass is 213 g/mol. The second-order valence-corrected chi connectivity index (χ2v) is 4.79. The Bertz CT molecular complexity index is 458. The van der Waals surface area contributed by atoms with Crippen molar-refractivity contribution in [3.05, 3.63) is 21.9 Å². The molecule has 1 amide bonds. The van der Waals surface area contributed by atoms with Gasteiger partial charge in [0.15, 0.2) is 0 Å². The molecule has 0 aliphatic heterocycles. The molecule has 0 saturated carbocycles. The molecule has 3 nitrogen and oxygen atoms in total. The number of carbonyl (C=O) groups is 1. The number of primary amides is 1. The lowest BCUT2D eigenvalue weighted by Crippen LogP contribution is -2.08. The van der Waals surface area contributed by atoms with E-state index in [1.165, 1.54) is 22.7 Å². The van der Waals surface area contributed by atoms with E-state index in [0.717, 1.165) is 15.0 Å². The molecule has 2 aromatic heterocycles. The summed E-state index contributed by atoms with van der Waals surface area (Å²) in [5.41, 5.74) is 6.01. The fourth-order valence-electron chi connectivity index (χ4n) is 1.12. The van der Waals surface area contributed by atoms with Crippen molar-refractivity contribution in [3.63, 3.8) is 0 Å². The van der Waals surface area contributed by atoms with Gasteiger partial charge in [0.05, 0.1) is 15.5 Å². The highest BCUT2D eigenvalue weighted by Crippen LogP contribution is 2.33. The number of hydrogen-bond donors (Lipinski definition) is 2. The molecule has 0 spiro atoms. The molecule has 0 aliphatic rings. The number of aliphatic hydroxyl groups excluding tert-OH is 1. The molecule has 0 unspecified atom stereocenters. The molecule has 0 radical (unpaired) electrons. The van der Waals surface area contributed by atoms with E-state index < -0.39 is 5.91 Å². The highest BCUT2D eigenvalue weighted by atomic mass is 32.2. The minimum absolute atomic E-state index is 0.00886. The molecule has 2 heterocycles.